The molecule has 0 aliphatic carbocycles. The number of benzene rings is 1. The lowest BCUT2D eigenvalue weighted by molar-refractivity contribution is -0.141. The van der Waals surface area contributed by atoms with E-state index in [9.17, 15) is 9.90 Å². The van der Waals surface area contributed by atoms with Crippen molar-refractivity contribution in [2.45, 2.75) is 30.9 Å². The minimum Gasteiger partial charge on any atom is -0.383 e. The number of likely N-dealkylation sites (tertiary alicyclic amines) is 1. The fraction of sp³-hybridized carbons (Fsp3) is 0.429. The third-order valence-electron chi connectivity index (χ3n) is 5.31. The van der Waals surface area contributed by atoms with E-state index in [1.54, 1.807) is 12.4 Å². The molecular formula is C21H27N3O2. The van der Waals surface area contributed by atoms with Crippen LogP contribution >= 0.6 is 0 Å². The van der Waals surface area contributed by atoms with E-state index in [2.05, 4.69) is 4.98 Å². The summed E-state index contributed by atoms with van der Waals surface area (Å²) in [4.78, 5) is 20.7. The Labute approximate surface area is 155 Å². The number of carbonyl (C=O) groups excluding carboxylic acids is 1. The molecule has 1 fully saturated rings. The molecule has 1 aliphatic rings. The number of rotatable bonds is 5. The molecule has 138 valence electrons. The highest BCUT2D eigenvalue weighted by Crippen LogP contribution is 2.35. The van der Waals surface area contributed by atoms with Crippen LogP contribution in [0.4, 0.5) is 0 Å². The minimum absolute atomic E-state index is 0.135. The number of hydrogen-bond donors (Lipinski definition) is 1. The summed E-state index contributed by atoms with van der Waals surface area (Å²) < 4.78 is 0. The lowest BCUT2D eigenvalue weighted by Gasteiger charge is -2.47. The van der Waals surface area contributed by atoms with Gasteiger partial charge in [-0.15, -0.1) is 0 Å². The Hall–Kier alpha value is -2.24. The Morgan fingerprint density at radius 1 is 1.27 bits per heavy atom. The van der Waals surface area contributed by atoms with E-state index in [1.807, 2.05) is 66.4 Å². The number of piperidine rings is 1. The molecule has 3 rings (SSSR count). The van der Waals surface area contributed by atoms with E-state index in [4.69, 9.17) is 0 Å². The van der Waals surface area contributed by atoms with Crippen LogP contribution in [0.3, 0.4) is 0 Å². The normalized spacial score (nSPS) is 23.2. The second-order valence-corrected chi connectivity index (χ2v) is 7.22. The molecule has 2 heterocycles. The fourth-order valence-electron chi connectivity index (χ4n) is 3.76. The van der Waals surface area contributed by atoms with Crippen molar-refractivity contribution in [1.29, 1.82) is 0 Å². The zero-order valence-electron chi connectivity index (χ0n) is 15.5. The van der Waals surface area contributed by atoms with E-state index >= 15 is 0 Å². The van der Waals surface area contributed by atoms with E-state index in [-0.39, 0.29) is 11.9 Å². The van der Waals surface area contributed by atoms with Crippen LogP contribution in [0.2, 0.25) is 0 Å². The van der Waals surface area contributed by atoms with Crippen molar-refractivity contribution in [3.63, 3.8) is 0 Å². The number of amides is 1. The number of aliphatic hydroxyl groups is 1. The number of likely N-dealkylation sites (N-methyl/N-ethyl adjacent to an activating group) is 1. The van der Waals surface area contributed by atoms with Crippen LogP contribution < -0.4 is 0 Å². The van der Waals surface area contributed by atoms with Crippen LogP contribution in [0.25, 0.3) is 0 Å². The number of hydrogen-bond acceptors (Lipinski definition) is 4. The molecule has 0 radical (unpaired) electrons. The first-order valence-corrected chi connectivity index (χ1v) is 9.12. The number of aryl methyl sites for hydroxylation is 1. The SMILES string of the molecule is CN(C)[C@@H]1CN(C(=O)CCc2cccnc2)CC[C@]1(O)c1ccccc1. The maximum absolute atomic E-state index is 12.7. The van der Waals surface area contributed by atoms with E-state index in [1.165, 1.54) is 0 Å². The second kappa shape index (κ2) is 7.98. The molecule has 1 aliphatic heterocycles. The summed E-state index contributed by atoms with van der Waals surface area (Å²) >= 11 is 0. The van der Waals surface area contributed by atoms with Crippen LogP contribution in [0.15, 0.2) is 54.9 Å². The second-order valence-electron chi connectivity index (χ2n) is 7.22. The van der Waals surface area contributed by atoms with Gasteiger partial charge in [0.2, 0.25) is 5.91 Å². The lowest BCUT2D eigenvalue weighted by atomic mass is 9.79. The molecular weight excluding hydrogens is 326 g/mol. The largest absolute Gasteiger partial charge is 0.383 e. The predicted molar refractivity (Wildman–Crippen MR) is 102 cm³/mol. The predicted octanol–water partition coefficient (Wildman–Crippen LogP) is 2.06. The summed E-state index contributed by atoms with van der Waals surface area (Å²) in [5.41, 5.74) is 1.05. The van der Waals surface area contributed by atoms with Crippen molar-refractivity contribution < 1.29 is 9.90 Å². The minimum atomic E-state index is -0.940. The highest BCUT2D eigenvalue weighted by molar-refractivity contribution is 5.76. The van der Waals surface area contributed by atoms with Gasteiger partial charge < -0.3 is 14.9 Å². The molecule has 2 atom stereocenters. The van der Waals surface area contributed by atoms with E-state index < -0.39 is 5.60 Å². The van der Waals surface area contributed by atoms with Crippen LogP contribution in [0, 0.1) is 0 Å². The zero-order valence-corrected chi connectivity index (χ0v) is 15.5. The van der Waals surface area contributed by atoms with Gasteiger partial charge in [0.15, 0.2) is 0 Å². The standard InChI is InChI=1S/C21H27N3O2/c1-23(2)19-16-24(20(25)11-10-17-7-6-13-22-15-17)14-12-21(19,26)18-8-4-3-5-9-18/h3-9,13,15,19,26H,10-12,14,16H2,1-2H3/t19-,21+/m1/s1. The quantitative estimate of drug-likeness (QED) is 0.894. The Morgan fingerprint density at radius 2 is 2.04 bits per heavy atom. The molecule has 0 bridgehead atoms. The fourth-order valence-corrected chi connectivity index (χ4v) is 3.76. The topological polar surface area (TPSA) is 56.7 Å². The molecule has 26 heavy (non-hydrogen) atoms. The third-order valence-corrected chi connectivity index (χ3v) is 5.31. The first kappa shape index (κ1) is 18.5. The molecule has 1 aromatic heterocycles. The van der Waals surface area contributed by atoms with Gasteiger partial charge in [-0.25, -0.2) is 0 Å². The average Bonchev–Trinajstić information content (AvgIpc) is 2.67. The van der Waals surface area contributed by atoms with Crippen molar-refractivity contribution in [2.24, 2.45) is 0 Å². The maximum atomic E-state index is 12.7. The number of carbonyl (C=O) groups is 1. The molecule has 2 aromatic rings. The summed E-state index contributed by atoms with van der Waals surface area (Å²) in [7, 11) is 3.92. The summed E-state index contributed by atoms with van der Waals surface area (Å²) in [5, 5.41) is 11.4. The molecule has 5 heteroatoms. The molecule has 1 saturated heterocycles. The van der Waals surface area contributed by atoms with Crippen molar-refractivity contribution in [3.05, 3.63) is 66.0 Å². The van der Waals surface area contributed by atoms with Gasteiger partial charge in [0.25, 0.3) is 0 Å². The van der Waals surface area contributed by atoms with Crippen molar-refractivity contribution in [3.8, 4) is 0 Å². The maximum Gasteiger partial charge on any atom is 0.222 e. The molecule has 0 unspecified atom stereocenters. The number of pyridine rings is 1. The van der Waals surface area contributed by atoms with Gasteiger partial charge in [-0.3, -0.25) is 9.78 Å². The Bertz CT molecular complexity index is 721. The summed E-state index contributed by atoms with van der Waals surface area (Å²) in [5.74, 6) is 0.135. The van der Waals surface area contributed by atoms with Crippen LogP contribution in [0.1, 0.15) is 24.0 Å². The zero-order chi connectivity index (χ0) is 18.6. The van der Waals surface area contributed by atoms with Gasteiger partial charge in [0.05, 0.1) is 6.04 Å². The van der Waals surface area contributed by atoms with Crippen LogP contribution in [-0.2, 0) is 16.8 Å². The molecule has 0 spiro atoms. The van der Waals surface area contributed by atoms with Gasteiger partial charge in [-0.1, -0.05) is 36.4 Å². The highest BCUT2D eigenvalue weighted by atomic mass is 16.3. The van der Waals surface area contributed by atoms with Crippen LogP contribution in [0.5, 0.6) is 0 Å². The summed E-state index contributed by atoms with van der Waals surface area (Å²) in [6, 6.07) is 13.5. The van der Waals surface area contributed by atoms with Gasteiger partial charge >= 0.3 is 0 Å². The number of aromatic nitrogens is 1. The van der Waals surface area contributed by atoms with E-state index in [0.717, 1.165) is 11.1 Å². The van der Waals surface area contributed by atoms with Crippen molar-refractivity contribution >= 4 is 5.91 Å². The van der Waals surface area contributed by atoms with Gasteiger partial charge in [-0.2, -0.15) is 0 Å². The number of nitrogens with zero attached hydrogens (tertiary/aromatic N) is 3. The van der Waals surface area contributed by atoms with Gasteiger partial charge in [0, 0.05) is 31.9 Å². The average molecular weight is 353 g/mol. The van der Waals surface area contributed by atoms with E-state index in [0.29, 0.717) is 32.4 Å². The molecule has 5 nitrogen and oxygen atoms in total. The Morgan fingerprint density at radius 3 is 2.69 bits per heavy atom. The smallest absolute Gasteiger partial charge is 0.222 e. The monoisotopic (exact) mass is 353 g/mol. The van der Waals surface area contributed by atoms with Crippen molar-refractivity contribution in [2.75, 3.05) is 27.2 Å². The first-order valence-electron chi connectivity index (χ1n) is 9.12. The molecule has 1 aromatic carbocycles. The molecule has 0 saturated carbocycles. The first-order chi connectivity index (χ1) is 12.5. The third kappa shape index (κ3) is 3.94. The highest BCUT2D eigenvalue weighted by Gasteiger charge is 2.44. The Kier molecular flexibility index (Phi) is 5.69. The van der Waals surface area contributed by atoms with Crippen LogP contribution in [-0.4, -0.2) is 59.0 Å². The summed E-state index contributed by atoms with van der Waals surface area (Å²) in [6.07, 6.45) is 5.25. The molecule has 1 N–H and O–H groups in total. The summed E-state index contributed by atoms with van der Waals surface area (Å²) in [6.45, 7) is 1.10. The Balaban J connectivity index is 1.68. The van der Waals surface area contributed by atoms with Gasteiger partial charge in [0.1, 0.15) is 5.60 Å². The molecule has 1 amide bonds. The lowest BCUT2D eigenvalue weighted by Crippen LogP contribution is -2.60. The van der Waals surface area contributed by atoms with Gasteiger partial charge in [-0.05, 0) is 44.1 Å². The van der Waals surface area contributed by atoms with Crippen molar-refractivity contribution in [1.82, 2.24) is 14.8 Å².